The Bertz CT molecular complexity index is 771. The Kier molecular flexibility index (Phi) is 2.90. The molecule has 3 aromatic rings. The highest BCUT2D eigenvalue weighted by atomic mass is 32.1. The van der Waals surface area contributed by atoms with Crippen LogP contribution in [0.25, 0.3) is 10.2 Å². The first-order valence-electron chi connectivity index (χ1n) is 6.02. The van der Waals surface area contributed by atoms with Crippen LogP contribution in [0.3, 0.4) is 0 Å². The number of amides is 1. The summed E-state index contributed by atoms with van der Waals surface area (Å²) in [6, 6.07) is 7.72. The van der Waals surface area contributed by atoms with Crippen molar-refractivity contribution < 1.29 is 4.79 Å². The fourth-order valence-corrected chi connectivity index (χ4v) is 2.89. The first-order valence-corrected chi connectivity index (χ1v) is 6.84. The van der Waals surface area contributed by atoms with Gasteiger partial charge < -0.3 is 5.73 Å². The zero-order valence-electron chi connectivity index (χ0n) is 11.0. The van der Waals surface area contributed by atoms with E-state index in [1.54, 1.807) is 14.0 Å². The number of hydrogen-bond acceptors (Lipinski definition) is 5. The van der Waals surface area contributed by atoms with Crippen LogP contribution >= 0.6 is 11.3 Å². The van der Waals surface area contributed by atoms with Gasteiger partial charge in [0, 0.05) is 7.05 Å². The topological polar surface area (TPSA) is 85.8 Å². The van der Waals surface area contributed by atoms with E-state index in [0.717, 1.165) is 10.2 Å². The minimum absolute atomic E-state index is 0.301. The zero-order chi connectivity index (χ0) is 14.3. The molecule has 20 heavy (non-hydrogen) atoms. The fourth-order valence-electron chi connectivity index (χ4n) is 2.03. The zero-order valence-corrected chi connectivity index (χ0v) is 11.9. The number of aromatic nitrogens is 3. The molecule has 3 rings (SSSR count). The van der Waals surface area contributed by atoms with E-state index in [9.17, 15) is 4.79 Å². The summed E-state index contributed by atoms with van der Waals surface area (Å²) in [7, 11) is 1.69. The molecule has 0 fully saturated rings. The molecule has 1 aromatic carbocycles. The number of rotatable bonds is 2. The third-order valence-corrected chi connectivity index (χ3v) is 3.95. The quantitative estimate of drug-likeness (QED) is 0.756. The second kappa shape index (κ2) is 4.61. The molecule has 2 aromatic heterocycles. The van der Waals surface area contributed by atoms with E-state index in [0.29, 0.717) is 22.2 Å². The largest absolute Gasteiger partial charge is 0.395 e. The number of carbonyl (C=O) groups is 1. The standard InChI is InChI=1S/C13H13N5OS/c1-7-10(14)11(18(2)17-7)12(19)16-13-15-8-5-3-4-6-9(8)20-13/h3-6H,14H2,1-2H3,(H,15,16,19). The fraction of sp³-hybridized carbons (Fsp3) is 0.154. The normalized spacial score (nSPS) is 10.9. The summed E-state index contributed by atoms with van der Waals surface area (Å²) in [5.41, 5.74) is 8.12. The van der Waals surface area contributed by atoms with Gasteiger partial charge in [-0.15, -0.1) is 0 Å². The molecule has 0 aliphatic carbocycles. The van der Waals surface area contributed by atoms with Gasteiger partial charge in [-0.1, -0.05) is 23.5 Å². The molecule has 0 bridgehead atoms. The van der Waals surface area contributed by atoms with Crippen LogP contribution in [0.4, 0.5) is 10.8 Å². The minimum Gasteiger partial charge on any atom is -0.395 e. The molecule has 0 unspecified atom stereocenters. The number of nitrogens with two attached hydrogens (primary N) is 1. The van der Waals surface area contributed by atoms with E-state index in [4.69, 9.17) is 5.73 Å². The van der Waals surface area contributed by atoms with Crippen molar-refractivity contribution in [2.45, 2.75) is 6.92 Å². The van der Waals surface area contributed by atoms with Gasteiger partial charge in [-0.05, 0) is 19.1 Å². The monoisotopic (exact) mass is 287 g/mol. The van der Waals surface area contributed by atoms with Crippen LogP contribution in [0, 0.1) is 6.92 Å². The Labute approximate surface area is 119 Å². The van der Waals surface area contributed by atoms with E-state index in [1.807, 2.05) is 24.3 Å². The SMILES string of the molecule is Cc1nn(C)c(C(=O)Nc2nc3ccccc3s2)c1N. The molecule has 0 atom stereocenters. The second-order valence-electron chi connectivity index (χ2n) is 4.41. The van der Waals surface area contributed by atoms with Gasteiger partial charge in [0.1, 0.15) is 5.69 Å². The Morgan fingerprint density at radius 2 is 2.15 bits per heavy atom. The van der Waals surface area contributed by atoms with Crippen LogP contribution in [0.15, 0.2) is 24.3 Å². The maximum Gasteiger partial charge on any atom is 0.277 e. The average Bonchev–Trinajstić information content (AvgIpc) is 2.90. The Morgan fingerprint density at radius 1 is 1.40 bits per heavy atom. The Balaban J connectivity index is 1.92. The molecule has 2 heterocycles. The molecule has 0 saturated carbocycles. The van der Waals surface area contributed by atoms with E-state index in [-0.39, 0.29) is 5.91 Å². The van der Waals surface area contributed by atoms with E-state index in [2.05, 4.69) is 15.4 Å². The van der Waals surface area contributed by atoms with Gasteiger partial charge in [0.2, 0.25) is 0 Å². The van der Waals surface area contributed by atoms with Crippen LogP contribution in [-0.2, 0) is 7.05 Å². The van der Waals surface area contributed by atoms with Crippen LogP contribution in [0.2, 0.25) is 0 Å². The van der Waals surface area contributed by atoms with Crippen molar-refractivity contribution in [1.29, 1.82) is 0 Å². The number of hydrogen-bond donors (Lipinski definition) is 2. The number of aryl methyl sites for hydroxylation is 2. The molecule has 7 heteroatoms. The number of anilines is 2. The summed E-state index contributed by atoms with van der Waals surface area (Å²) >= 11 is 1.43. The first-order chi connectivity index (χ1) is 9.56. The summed E-state index contributed by atoms with van der Waals surface area (Å²) < 4.78 is 2.50. The molecular weight excluding hydrogens is 274 g/mol. The first kappa shape index (κ1) is 12.6. The molecule has 0 radical (unpaired) electrons. The lowest BCUT2D eigenvalue weighted by atomic mass is 10.3. The third kappa shape index (κ3) is 2.01. The predicted octanol–water partition coefficient (Wildman–Crippen LogP) is 2.17. The van der Waals surface area contributed by atoms with Crippen molar-refractivity contribution in [3.63, 3.8) is 0 Å². The van der Waals surface area contributed by atoms with E-state index < -0.39 is 0 Å². The van der Waals surface area contributed by atoms with Crippen molar-refractivity contribution in [2.75, 3.05) is 11.1 Å². The van der Waals surface area contributed by atoms with E-state index in [1.165, 1.54) is 16.0 Å². The van der Waals surface area contributed by atoms with Gasteiger partial charge >= 0.3 is 0 Å². The van der Waals surface area contributed by atoms with Gasteiger partial charge in [0.25, 0.3) is 5.91 Å². The second-order valence-corrected chi connectivity index (χ2v) is 5.44. The molecular formula is C13H13N5OS. The number of nitrogen functional groups attached to an aromatic ring is 1. The van der Waals surface area contributed by atoms with Crippen LogP contribution in [-0.4, -0.2) is 20.7 Å². The molecule has 3 N–H and O–H groups in total. The summed E-state index contributed by atoms with van der Waals surface area (Å²) in [6.45, 7) is 1.77. The lowest BCUT2D eigenvalue weighted by Gasteiger charge is -2.02. The maximum atomic E-state index is 12.3. The predicted molar refractivity (Wildman–Crippen MR) is 79.9 cm³/mol. The molecule has 0 spiro atoms. The summed E-state index contributed by atoms with van der Waals surface area (Å²) in [5.74, 6) is -0.301. The highest BCUT2D eigenvalue weighted by Gasteiger charge is 2.19. The molecule has 6 nitrogen and oxygen atoms in total. The molecule has 1 amide bonds. The van der Waals surface area contributed by atoms with E-state index >= 15 is 0 Å². The number of para-hydroxylation sites is 1. The van der Waals surface area contributed by atoms with Crippen molar-refractivity contribution >= 4 is 38.3 Å². The van der Waals surface area contributed by atoms with Gasteiger partial charge in [-0.25, -0.2) is 4.98 Å². The number of benzene rings is 1. The molecule has 102 valence electrons. The summed E-state index contributed by atoms with van der Waals surface area (Å²) in [5, 5.41) is 7.45. The maximum absolute atomic E-state index is 12.3. The van der Waals surface area contributed by atoms with Crippen molar-refractivity contribution in [3.8, 4) is 0 Å². The van der Waals surface area contributed by atoms with Crippen molar-refractivity contribution in [2.24, 2.45) is 7.05 Å². The third-order valence-electron chi connectivity index (χ3n) is 3.00. The summed E-state index contributed by atoms with van der Waals surface area (Å²) in [6.07, 6.45) is 0. The van der Waals surface area contributed by atoms with Gasteiger partial charge in [-0.3, -0.25) is 14.8 Å². The number of nitrogens with one attached hydrogen (secondary N) is 1. The van der Waals surface area contributed by atoms with Crippen LogP contribution in [0.1, 0.15) is 16.2 Å². The lowest BCUT2D eigenvalue weighted by molar-refractivity contribution is 0.101. The van der Waals surface area contributed by atoms with Crippen molar-refractivity contribution in [3.05, 3.63) is 35.7 Å². The highest BCUT2D eigenvalue weighted by Crippen LogP contribution is 2.26. The number of carbonyl (C=O) groups excluding carboxylic acids is 1. The summed E-state index contributed by atoms with van der Waals surface area (Å²) in [4.78, 5) is 16.6. The average molecular weight is 287 g/mol. The number of fused-ring (bicyclic) bond motifs is 1. The van der Waals surface area contributed by atoms with Crippen LogP contribution in [0.5, 0.6) is 0 Å². The lowest BCUT2D eigenvalue weighted by Crippen LogP contribution is -2.17. The smallest absolute Gasteiger partial charge is 0.277 e. The molecule has 0 saturated heterocycles. The molecule has 0 aliphatic rings. The van der Waals surface area contributed by atoms with Gasteiger partial charge in [0.15, 0.2) is 5.13 Å². The van der Waals surface area contributed by atoms with Crippen molar-refractivity contribution in [1.82, 2.24) is 14.8 Å². The minimum atomic E-state index is -0.301. The highest BCUT2D eigenvalue weighted by molar-refractivity contribution is 7.22. The van der Waals surface area contributed by atoms with Gasteiger partial charge in [-0.2, -0.15) is 5.10 Å². The number of thiazole rings is 1. The van der Waals surface area contributed by atoms with Crippen LogP contribution < -0.4 is 11.1 Å². The van der Waals surface area contributed by atoms with Gasteiger partial charge in [0.05, 0.1) is 21.6 Å². The Hall–Kier alpha value is -2.41. The Morgan fingerprint density at radius 3 is 2.80 bits per heavy atom. The number of nitrogens with zero attached hydrogens (tertiary/aromatic N) is 3. The molecule has 0 aliphatic heterocycles.